The maximum Gasteiger partial charge on any atom is 0.228 e. The van der Waals surface area contributed by atoms with Gasteiger partial charge in [0.05, 0.1) is 10.7 Å². The van der Waals surface area contributed by atoms with E-state index in [0.717, 1.165) is 16.8 Å². The first-order valence-electron chi connectivity index (χ1n) is 5.56. The van der Waals surface area contributed by atoms with Gasteiger partial charge in [-0.15, -0.1) is 12.3 Å². The lowest BCUT2D eigenvalue weighted by atomic mass is 10.1. The summed E-state index contributed by atoms with van der Waals surface area (Å²) >= 11 is 6.23. The first kappa shape index (κ1) is 12.0. The van der Waals surface area contributed by atoms with Crippen LogP contribution in [0.2, 0.25) is 5.02 Å². The summed E-state index contributed by atoms with van der Waals surface area (Å²) in [7, 11) is 0. The second kappa shape index (κ2) is 4.43. The monoisotopic (exact) mass is 247 g/mol. The molecule has 1 fully saturated rings. The van der Waals surface area contributed by atoms with Crippen LogP contribution in [0.5, 0.6) is 0 Å². The fourth-order valence-corrected chi connectivity index (χ4v) is 2.71. The summed E-state index contributed by atoms with van der Waals surface area (Å²) in [4.78, 5) is 13.6. The predicted octanol–water partition coefficient (Wildman–Crippen LogP) is 2.94. The van der Waals surface area contributed by atoms with Crippen molar-refractivity contribution in [2.75, 3.05) is 11.4 Å². The van der Waals surface area contributed by atoms with Crippen LogP contribution in [-0.2, 0) is 4.79 Å². The molecule has 0 radical (unpaired) electrons. The molecular formula is C14H14ClNO. The number of terminal acetylenes is 1. The van der Waals surface area contributed by atoms with E-state index < -0.39 is 0 Å². The predicted molar refractivity (Wildman–Crippen MR) is 70.2 cm³/mol. The van der Waals surface area contributed by atoms with Crippen LogP contribution in [0, 0.1) is 32.1 Å². The van der Waals surface area contributed by atoms with Crippen LogP contribution < -0.4 is 4.90 Å². The van der Waals surface area contributed by atoms with E-state index in [-0.39, 0.29) is 11.8 Å². The molecule has 88 valence electrons. The summed E-state index contributed by atoms with van der Waals surface area (Å²) in [5.74, 6) is 2.70. The Hall–Kier alpha value is -1.46. The number of carbonyl (C=O) groups excluding carboxylic acids is 1. The Kier molecular flexibility index (Phi) is 3.13. The van der Waals surface area contributed by atoms with Crippen LogP contribution in [0.1, 0.15) is 17.5 Å². The number of hydrogen-bond donors (Lipinski definition) is 0. The molecule has 2 rings (SSSR count). The van der Waals surface area contributed by atoms with Gasteiger partial charge in [0, 0.05) is 18.9 Å². The van der Waals surface area contributed by atoms with E-state index in [4.69, 9.17) is 18.0 Å². The van der Waals surface area contributed by atoms with Gasteiger partial charge in [-0.25, -0.2) is 0 Å². The van der Waals surface area contributed by atoms with Crippen molar-refractivity contribution in [2.45, 2.75) is 20.3 Å². The number of hydrogen-bond acceptors (Lipinski definition) is 1. The summed E-state index contributed by atoms with van der Waals surface area (Å²) < 4.78 is 0. The average molecular weight is 248 g/mol. The molecule has 17 heavy (non-hydrogen) atoms. The first-order valence-corrected chi connectivity index (χ1v) is 5.94. The van der Waals surface area contributed by atoms with Gasteiger partial charge in [-0.1, -0.05) is 17.7 Å². The standard InChI is InChI=1S/C14H14ClNO/c1-4-11-7-13(17)16(8-11)14-10(3)5-9(2)6-12(14)15/h1,5-6,11H,7-8H2,2-3H3. The van der Waals surface area contributed by atoms with E-state index in [0.29, 0.717) is 18.0 Å². The van der Waals surface area contributed by atoms with E-state index >= 15 is 0 Å². The highest BCUT2D eigenvalue weighted by Gasteiger charge is 2.31. The topological polar surface area (TPSA) is 20.3 Å². The average Bonchev–Trinajstić information content (AvgIpc) is 2.59. The summed E-state index contributed by atoms with van der Waals surface area (Å²) in [5.41, 5.74) is 2.91. The van der Waals surface area contributed by atoms with Gasteiger partial charge in [-0.3, -0.25) is 4.79 Å². The lowest BCUT2D eigenvalue weighted by molar-refractivity contribution is -0.117. The van der Waals surface area contributed by atoms with Crippen LogP contribution >= 0.6 is 11.6 Å². The van der Waals surface area contributed by atoms with Crippen molar-refractivity contribution >= 4 is 23.2 Å². The zero-order valence-electron chi connectivity index (χ0n) is 9.96. The van der Waals surface area contributed by atoms with Crippen LogP contribution in [0.15, 0.2) is 12.1 Å². The molecule has 0 bridgehead atoms. The molecule has 1 heterocycles. The number of carbonyl (C=O) groups is 1. The second-order valence-electron chi connectivity index (χ2n) is 4.48. The normalized spacial score (nSPS) is 19.5. The molecule has 3 heteroatoms. The second-order valence-corrected chi connectivity index (χ2v) is 4.89. The first-order chi connectivity index (χ1) is 8.02. The third-order valence-corrected chi connectivity index (χ3v) is 3.32. The molecule has 0 aromatic heterocycles. The van der Waals surface area contributed by atoms with Crippen LogP contribution in [0.25, 0.3) is 0 Å². The van der Waals surface area contributed by atoms with E-state index in [1.54, 1.807) is 4.90 Å². The lowest BCUT2D eigenvalue weighted by Gasteiger charge is -2.20. The van der Waals surface area contributed by atoms with E-state index in [2.05, 4.69) is 5.92 Å². The van der Waals surface area contributed by atoms with Gasteiger partial charge in [-0.05, 0) is 31.0 Å². The number of nitrogens with zero attached hydrogens (tertiary/aromatic N) is 1. The highest BCUT2D eigenvalue weighted by Crippen LogP contribution is 2.34. The molecule has 1 aromatic rings. The summed E-state index contributed by atoms with van der Waals surface area (Å²) in [6.07, 6.45) is 5.79. The summed E-state index contributed by atoms with van der Waals surface area (Å²) in [6.45, 7) is 4.52. The zero-order valence-corrected chi connectivity index (χ0v) is 10.7. The quantitative estimate of drug-likeness (QED) is 0.699. The summed E-state index contributed by atoms with van der Waals surface area (Å²) in [6, 6.07) is 3.90. The third kappa shape index (κ3) is 2.16. The molecule has 0 aliphatic carbocycles. The molecule has 1 atom stereocenters. The number of amides is 1. The number of aryl methyl sites for hydroxylation is 2. The molecule has 1 aliphatic heterocycles. The highest BCUT2D eigenvalue weighted by molar-refractivity contribution is 6.34. The van der Waals surface area contributed by atoms with E-state index in [1.165, 1.54) is 0 Å². The maximum atomic E-state index is 11.9. The Labute approximate surface area is 107 Å². The van der Waals surface area contributed by atoms with Crippen molar-refractivity contribution in [2.24, 2.45) is 5.92 Å². The fourth-order valence-electron chi connectivity index (χ4n) is 2.29. The van der Waals surface area contributed by atoms with Crippen LogP contribution in [-0.4, -0.2) is 12.5 Å². The minimum atomic E-state index is -0.000676. The third-order valence-electron chi connectivity index (χ3n) is 3.03. The summed E-state index contributed by atoms with van der Waals surface area (Å²) in [5, 5.41) is 0.619. The molecule has 1 amide bonds. The van der Waals surface area contributed by atoms with Gasteiger partial charge >= 0.3 is 0 Å². The molecule has 0 saturated carbocycles. The van der Waals surface area contributed by atoms with Gasteiger partial charge in [0.15, 0.2) is 0 Å². The minimum absolute atomic E-state index is 0.000676. The Morgan fingerprint density at radius 3 is 2.71 bits per heavy atom. The molecule has 1 aliphatic rings. The molecule has 2 nitrogen and oxygen atoms in total. The highest BCUT2D eigenvalue weighted by atomic mass is 35.5. The van der Waals surface area contributed by atoms with Crippen molar-refractivity contribution in [3.63, 3.8) is 0 Å². The van der Waals surface area contributed by atoms with E-state index in [9.17, 15) is 4.79 Å². The van der Waals surface area contributed by atoms with Gasteiger partial charge < -0.3 is 4.90 Å². The fraction of sp³-hybridized carbons (Fsp3) is 0.357. The SMILES string of the molecule is C#CC1CC(=O)N(c2c(C)cc(C)cc2Cl)C1. The van der Waals surface area contributed by atoms with Crippen molar-refractivity contribution in [3.8, 4) is 12.3 Å². The van der Waals surface area contributed by atoms with Crippen molar-refractivity contribution in [1.29, 1.82) is 0 Å². The van der Waals surface area contributed by atoms with Gasteiger partial charge in [0.2, 0.25) is 5.91 Å². The van der Waals surface area contributed by atoms with E-state index in [1.807, 2.05) is 26.0 Å². The Morgan fingerprint density at radius 2 is 2.18 bits per heavy atom. The molecule has 1 unspecified atom stereocenters. The lowest BCUT2D eigenvalue weighted by Crippen LogP contribution is -2.25. The Morgan fingerprint density at radius 1 is 1.47 bits per heavy atom. The Balaban J connectivity index is 2.42. The maximum absolute atomic E-state index is 11.9. The smallest absolute Gasteiger partial charge is 0.228 e. The number of rotatable bonds is 1. The molecule has 0 spiro atoms. The van der Waals surface area contributed by atoms with Gasteiger partial charge in [-0.2, -0.15) is 0 Å². The number of anilines is 1. The van der Waals surface area contributed by atoms with Crippen LogP contribution in [0.4, 0.5) is 5.69 Å². The Bertz CT molecular complexity index is 492. The van der Waals surface area contributed by atoms with Crippen molar-refractivity contribution < 1.29 is 4.79 Å². The number of halogens is 1. The molecule has 1 aromatic carbocycles. The molecule has 1 saturated heterocycles. The number of benzene rings is 1. The van der Waals surface area contributed by atoms with Gasteiger partial charge in [0.25, 0.3) is 0 Å². The zero-order chi connectivity index (χ0) is 12.6. The molecule has 0 N–H and O–H groups in total. The van der Waals surface area contributed by atoms with Gasteiger partial charge in [0.1, 0.15) is 0 Å². The molecular weight excluding hydrogens is 234 g/mol. The van der Waals surface area contributed by atoms with Crippen molar-refractivity contribution in [1.82, 2.24) is 0 Å². The minimum Gasteiger partial charge on any atom is -0.309 e. The largest absolute Gasteiger partial charge is 0.309 e. The van der Waals surface area contributed by atoms with Crippen molar-refractivity contribution in [3.05, 3.63) is 28.3 Å². The van der Waals surface area contributed by atoms with Crippen LogP contribution in [0.3, 0.4) is 0 Å².